The number of rotatable bonds is 8. The average Bonchev–Trinajstić information content (AvgIpc) is 3.19. The van der Waals surface area contributed by atoms with Gasteiger partial charge in [-0.2, -0.15) is 5.10 Å². The fraction of sp³-hybridized carbons (Fsp3) is 0.750. The Labute approximate surface area is 127 Å². The zero-order valence-corrected chi connectivity index (χ0v) is 13.6. The van der Waals surface area contributed by atoms with Crippen LogP contribution in [0.15, 0.2) is 6.07 Å². The largest absolute Gasteiger partial charge is 0.338 e. The van der Waals surface area contributed by atoms with Crippen LogP contribution in [0.5, 0.6) is 0 Å². The standard InChI is InChI=1S/C16H28N4O/c1-4-9-19(12-15-6-7-15)16(21)17-8-5-10-20-14(3)11-13(2)18-20/h11,15H,4-10,12H2,1-3H3,(H,17,21). The Morgan fingerprint density at radius 3 is 2.81 bits per heavy atom. The summed E-state index contributed by atoms with van der Waals surface area (Å²) in [6.07, 6.45) is 4.50. The van der Waals surface area contributed by atoms with E-state index in [1.807, 2.05) is 16.5 Å². The number of carbonyl (C=O) groups excluding carboxylic acids is 1. The van der Waals surface area contributed by atoms with Crippen LogP contribution < -0.4 is 5.32 Å². The normalized spacial score (nSPS) is 14.2. The first-order chi connectivity index (χ1) is 10.1. The number of urea groups is 1. The van der Waals surface area contributed by atoms with Crippen LogP contribution in [0.25, 0.3) is 0 Å². The van der Waals surface area contributed by atoms with Gasteiger partial charge in [-0.1, -0.05) is 6.92 Å². The molecule has 1 aliphatic rings. The van der Waals surface area contributed by atoms with E-state index in [0.717, 1.165) is 44.1 Å². The monoisotopic (exact) mass is 292 g/mol. The van der Waals surface area contributed by atoms with Gasteiger partial charge in [-0.3, -0.25) is 4.68 Å². The smallest absolute Gasteiger partial charge is 0.317 e. The molecule has 118 valence electrons. The van der Waals surface area contributed by atoms with Crippen molar-refractivity contribution in [1.29, 1.82) is 0 Å². The second-order valence-corrected chi connectivity index (χ2v) is 6.13. The molecule has 1 saturated carbocycles. The van der Waals surface area contributed by atoms with Gasteiger partial charge in [0.1, 0.15) is 0 Å². The summed E-state index contributed by atoms with van der Waals surface area (Å²) in [4.78, 5) is 14.1. The number of aryl methyl sites for hydroxylation is 3. The van der Waals surface area contributed by atoms with Gasteiger partial charge in [-0.25, -0.2) is 4.79 Å². The van der Waals surface area contributed by atoms with Gasteiger partial charge in [0.2, 0.25) is 0 Å². The lowest BCUT2D eigenvalue weighted by Gasteiger charge is -2.22. The Kier molecular flexibility index (Phi) is 5.65. The van der Waals surface area contributed by atoms with Crippen molar-refractivity contribution in [3.8, 4) is 0 Å². The molecule has 0 radical (unpaired) electrons. The molecule has 5 nitrogen and oxygen atoms in total. The summed E-state index contributed by atoms with van der Waals surface area (Å²) in [6.45, 7) is 9.55. The van der Waals surface area contributed by atoms with Gasteiger partial charge in [-0.15, -0.1) is 0 Å². The van der Waals surface area contributed by atoms with Crippen molar-refractivity contribution in [2.45, 2.75) is 53.0 Å². The molecule has 2 rings (SSSR count). The fourth-order valence-corrected chi connectivity index (χ4v) is 2.60. The summed E-state index contributed by atoms with van der Waals surface area (Å²) in [5.41, 5.74) is 2.23. The maximum absolute atomic E-state index is 12.2. The number of carbonyl (C=O) groups is 1. The first-order valence-corrected chi connectivity index (χ1v) is 8.14. The number of amides is 2. The zero-order chi connectivity index (χ0) is 15.2. The Hall–Kier alpha value is -1.52. The second-order valence-electron chi connectivity index (χ2n) is 6.13. The van der Waals surface area contributed by atoms with E-state index in [1.165, 1.54) is 18.5 Å². The van der Waals surface area contributed by atoms with E-state index in [2.05, 4.69) is 30.3 Å². The third kappa shape index (κ3) is 5.06. The molecule has 21 heavy (non-hydrogen) atoms. The highest BCUT2D eigenvalue weighted by Crippen LogP contribution is 2.29. The fourth-order valence-electron chi connectivity index (χ4n) is 2.60. The first kappa shape index (κ1) is 15.9. The quantitative estimate of drug-likeness (QED) is 0.749. The van der Waals surface area contributed by atoms with E-state index in [0.29, 0.717) is 6.54 Å². The van der Waals surface area contributed by atoms with Gasteiger partial charge in [0, 0.05) is 31.9 Å². The van der Waals surface area contributed by atoms with Crippen LogP contribution in [-0.2, 0) is 6.54 Å². The molecule has 1 N–H and O–H groups in total. The maximum Gasteiger partial charge on any atom is 0.317 e. The molecular weight excluding hydrogens is 264 g/mol. The first-order valence-electron chi connectivity index (χ1n) is 8.14. The van der Waals surface area contributed by atoms with Crippen LogP contribution in [0.1, 0.15) is 44.0 Å². The Morgan fingerprint density at radius 2 is 2.24 bits per heavy atom. The minimum atomic E-state index is 0.0946. The molecular formula is C16H28N4O. The summed E-state index contributed by atoms with van der Waals surface area (Å²) < 4.78 is 2.01. The lowest BCUT2D eigenvalue weighted by atomic mass is 10.3. The highest BCUT2D eigenvalue weighted by Gasteiger charge is 2.26. The molecule has 1 fully saturated rings. The number of hydrogen-bond donors (Lipinski definition) is 1. The predicted molar refractivity (Wildman–Crippen MR) is 84.3 cm³/mol. The average molecular weight is 292 g/mol. The van der Waals surface area contributed by atoms with E-state index in [9.17, 15) is 4.79 Å². The summed E-state index contributed by atoms with van der Waals surface area (Å²) in [5, 5.41) is 7.48. The molecule has 5 heteroatoms. The van der Waals surface area contributed by atoms with Crippen molar-refractivity contribution in [3.63, 3.8) is 0 Å². The van der Waals surface area contributed by atoms with Crippen molar-refractivity contribution in [2.75, 3.05) is 19.6 Å². The summed E-state index contributed by atoms with van der Waals surface area (Å²) >= 11 is 0. The summed E-state index contributed by atoms with van der Waals surface area (Å²) in [5.74, 6) is 0.747. The van der Waals surface area contributed by atoms with Crippen molar-refractivity contribution >= 4 is 6.03 Å². The Bertz CT molecular complexity index is 465. The highest BCUT2D eigenvalue weighted by molar-refractivity contribution is 5.74. The lowest BCUT2D eigenvalue weighted by Crippen LogP contribution is -2.42. The molecule has 0 aromatic carbocycles. The van der Waals surface area contributed by atoms with E-state index < -0.39 is 0 Å². The summed E-state index contributed by atoms with van der Waals surface area (Å²) in [6, 6.07) is 2.18. The molecule has 2 amide bonds. The SMILES string of the molecule is CCCN(CC1CC1)C(=O)NCCCn1nc(C)cc1C. The van der Waals surface area contributed by atoms with E-state index in [1.54, 1.807) is 0 Å². The van der Waals surface area contributed by atoms with Gasteiger partial charge in [0.15, 0.2) is 0 Å². The van der Waals surface area contributed by atoms with Crippen molar-refractivity contribution in [1.82, 2.24) is 20.0 Å². The van der Waals surface area contributed by atoms with Crippen LogP contribution in [0, 0.1) is 19.8 Å². The number of nitrogens with zero attached hydrogens (tertiary/aromatic N) is 3. The molecule has 1 heterocycles. The van der Waals surface area contributed by atoms with Crippen LogP contribution in [0.2, 0.25) is 0 Å². The van der Waals surface area contributed by atoms with Crippen molar-refractivity contribution in [2.24, 2.45) is 5.92 Å². The molecule has 0 atom stereocenters. The lowest BCUT2D eigenvalue weighted by molar-refractivity contribution is 0.195. The number of aromatic nitrogens is 2. The van der Waals surface area contributed by atoms with Gasteiger partial charge in [-0.05, 0) is 51.5 Å². The van der Waals surface area contributed by atoms with E-state index >= 15 is 0 Å². The predicted octanol–water partition coefficient (Wildman–Crippen LogP) is 2.72. The van der Waals surface area contributed by atoms with Gasteiger partial charge < -0.3 is 10.2 Å². The molecule has 1 aromatic rings. The van der Waals surface area contributed by atoms with E-state index in [-0.39, 0.29) is 6.03 Å². The zero-order valence-electron chi connectivity index (χ0n) is 13.6. The molecule has 0 unspecified atom stereocenters. The van der Waals surface area contributed by atoms with Crippen molar-refractivity contribution < 1.29 is 4.79 Å². The van der Waals surface area contributed by atoms with Crippen LogP contribution in [-0.4, -0.2) is 40.3 Å². The second kappa shape index (κ2) is 7.48. The highest BCUT2D eigenvalue weighted by atomic mass is 16.2. The molecule has 0 saturated heterocycles. The Morgan fingerprint density at radius 1 is 1.48 bits per heavy atom. The minimum Gasteiger partial charge on any atom is -0.338 e. The Balaban J connectivity index is 1.68. The topological polar surface area (TPSA) is 50.2 Å². The maximum atomic E-state index is 12.2. The molecule has 0 spiro atoms. The third-order valence-corrected chi connectivity index (χ3v) is 3.88. The van der Waals surface area contributed by atoms with Gasteiger partial charge >= 0.3 is 6.03 Å². The van der Waals surface area contributed by atoms with Gasteiger partial charge in [0.25, 0.3) is 0 Å². The van der Waals surface area contributed by atoms with E-state index in [4.69, 9.17) is 0 Å². The molecule has 0 bridgehead atoms. The number of hydrogen-bond acceptors (Lipinski definition) is 2. The van der Waals surface area contributed by atoms with Gasteiger partial charge in [0.05, 0.1) is 5.69 Å². The molecule has 1 aromatic heterocycles. The summed E-state index contributed by atoms with van der Waals surface area (Å²) in [7, 11) is 0. The minimum absolute atomic E-state index is 0.0946. The van der Waals surface area contributed by atoms with Crippen LogP contribution in [0.3, 0.4) is 0 Å². The molecule has 1 aliphatic carbocycles. The van der Waals surface area contributed by atoms with Crippen molar-refractivity contribution in [3.05, 3.63) is 17.5 Å². The van der Waals surface area contributed by atoms with Crippen LogP contribution in [0.4, 0.5) is 4.79 Å². The third-order valence-electron chi connectivity index (χ3n) is 3.88. The molecule has 0 aliphatic heterocycles. The number of nitrogens with one attached hydrogen (secondary N) is 1. The van der Waals surface area contributed by atoms with Crippen LogP contribution >= 0.6 is 0 Å².